The normalized spacial score (nSPS) is 11.4. The molecule has 0 N–H and O–H groups in total. The van der Waals surface area contributed by atoms with Crippen molar-refractivity contribution in [2.24, 2.45) is 0 Å². The molecule has 0 fully saturated rings. The van der Waals surface area contributed by atoms with Gasteiger partial charge in [0.2, 0.25) is 0 Å². The summed E-state index contributed by atoms with van der Waals surface area (Å²) in [6.07, 6.45) is 0. The van der Waals surface area contributed by atoms with Crippen molar-refractivity contribution in [3.05, 3.63) is 237 Å². The van der Waals surface area contributed by atoms with Crippen molar-refractivity contribution in [3.63, 3.8) is 0 Å². The lowest BCUT2D eigenvalue weighted by Crippen LogP contribution is -2.00. The summed E-state index contributed by atoms with van der Waals surface area (Å²) in [5.74, 6) is 1.76. The van der Waals surface area contributed by atoms with Gasteiger partial charge in [0.25, 0.3) is 0 Å². The minimum atomic E-state index is 0.568. The SMILES string of the molecule is c1ccc(-c2ccc(-c3nc(-c4cccc(-c5cccc6ccccc56)c4)nc(-c4ccc5c(c4)oc4cccc(-c6ccc(-c7ccccc7)cc6-c6ccccc6)c45)n3)cc2)cc1. The number of rotatable bonds is 8. The van der Waals surface area contributed by atoms with Gasteiger partial charge < -0.3 is 4.42 Å². The van der Waals surface area contributed by atoms with Gasteiger partial charge in [-0.05, 0) is 96.7 Å². The van der Waals surface area contributed by atoms with E-state index < -0.39 is 0 Å². The molecule has 0 spiro atoms. The summed E-state index contributed by atoms with van der Waals surface area (Å²) in [5.41, 5.74) is 15.7. The van der Waals surface area contributed by atoms with Crippen LogP contribution >= 0.6 is 0 Å². The highest BCUT2D eigenvalue weighted by Gasteiger charge is 2.19. The third kappa shape index (κ3) is 7.13. The predicted molar refractivity (Wildman–Crippen MR) is 268 cm³/mol. The van der Waals surface area contributed by atoms with Crippen LogP contribution < -0.4 is 0 Å². The molecular formula is C61H39N3O. The second-order valence-electron chi connectivity index (χ2n) is 16.3. The van der Waals surface area contributed by atoms with Crippen LogP contribution in [-0.4, -0.2) is 15.0 Å². The zero-order chi connectivity index (χ0) is 43.1. The molecule has 0 aliphatic heterocycles. The first kappa shape index (κ1) is 38.0. The number of aromatic nitrogens is 3. The van der Waals surface area contributed by atoms with Gasteiger partial charge in [-0.25, -0.2) is 15.0 Å². The van der Waals surface area contributed by atoms with E-state index in [1.165, 1.54) is 21.9 Å². The van der Waals surface area contributed by atoms with Crippen molar-refractivity contribution in [1.29, 1.82) is 0 Å². The fraction of sp³-hybridized carbons (Fsp3) is 0. The van der Waals surface area contributed by atoms with Crippen molar-refractivity contribution in [1.82, 2.24) is 15.0 Å². The van der Waals surface area contributed by atoms with E-state index in [1.807, 2.05) is 6.07 Å². The largest absolute Gasteiger partial charge is 0.456 e. The second kappa shape index (κ2) is 16.2. The van der Waals surface area contributed by atoms with Crippen molar-refractivity contribution in [3.8, 4) is 89.8 Å². The van der Waals surface area contributed by atoms with Gasteiger partial charge in [-0.3, -0.25) is 0 Å². The van der Waals surface area contributed by atoms with E-state index in [2.05, 4.69) is 231 Å². The van der Waals surface area contributed by atoms with E-state index in [1.54, 1.807) is 0 Å². The average Bonchev–Trinajstić information content (AvgIpc) is 3.77. The van der Waals surface area contributed by atoms with Crippen LogP contribution in [0.2, 0.25) is 0 Å². The minimum absolute atomic E-state index is 0.568. The fourth-order valence-electron chi connectivity index (χ4n) is 9.14. The number of hydrogen-bond donors (Lipinski definition) is 0. The van der Waals surface area contributed by atoms with Crippen molar-refractivity contribution in [2.45, 2.75) is 0 Å². The Morgan fingerprint density at radius 3 is 1.51 bits per heavy atom. The summed E-state index contributed by atoms with van der Waals surface area (Å²) in [6.45, 7) is 0. The average molecular weight is 830 g/mol. The van der Waals surface area contributed by atoms with Crippen LogP contribution in [-0.2, 0) is 0 Å². The third-order valence-corrected chi connectivity index (χ3v) is 12.4. The molecule has 4 nitrogen and oxygen atoms in total. The Morgan fingerprint density at radius 1 is 0.246 bits per heavy atom. The number of furan rings is 1. The number of benzene rings is 10. The van der Waals surface area contributed by atoms with E-state index in [4.69, 9.17) is 19.4 Å². The third-order valence-electron chi connectivity index (χ3n) is 12.4. The molecule has 2 heterocycles. The smallest absolute Gasteiger partial charge is 0.164 e. The highest BCUT2D eigenvalue weighted by molar-refractivity contribution is 6.14. The molecule has 0 aliphatic carbocycles. The monoisotopic (exact) mass is 829 g/mol. The Morgan fingerprint density at radius 2 is 0.754 bits per heavy atom. The van der Waals surface area contributed by atoms with Gasteiger partial charge in [0, 0.05) is 27.5 Å². The molecule has 12 aromatic rings. The van der Waals surface area contributed by atoms with Gasteiger partial charge in [-0.2, -0.15) is 0 Å². The number of hydrogen-bond acceptors (Lipinski definition) is 4. The molecule has 2 aromatic heterocycles. The van der Waals surface area contributed by atoms with Crippen LogP contribution in [0, 0.1) is 0 Å². The lowest BCUT2D eigenvalue weighted by atomic mass is 9.89. The maximum absolute atomic E-state index is 6.73. The number of fused-ring (bicyclic) bond motifs is 4. The van der Waals surface area contributed by atoms with Crippen LogP contribution in [0.3, 0.4) is 0 Å². The molecule has 0 radical (unpaired) electrons. The van der Waals surface area contributed by atoms with Gasteiger partial charge in [0.1, 0.15) is 11.2 Å². The van der Waals surface area contributed by atoms with E-state index in [9.17, 15) is 0 Å². The van der Waals surface area contributed by atoms with Crippen LogP contribution in [0.15, 0.2) is 241 Å². The summed E-state index contributed by atoms with van der Waals surface area (Å²) in [6, 6.07) is 83.0. The maximum Gasteiger partial charge on any atom is 0.164 e. The highest BCUT2D eigenvalue weighted by atomic mass is 16.3. The van der Waals surface area contributed by atoms with E-state index in [-0.39, 0.29) is 0 Å². The quantitative estimate of drug-likeness (QED) is 0.153. The second-order valence-corrected chi connectivity index (χ2v) is 16.3. The first-order chi connectivity index (χ1) is 32.2. The van der Waals surface area contributed by atoms with E-state index in [0.717, 1.165) is 83.1 Å². The van der Waals surface area contributed by atoms with Crippen molar-refractivity contribution >= 4 is 32.7 Å². The lowest BCUT2D eigenvalue weighted by molar-refractivity contribution is 0.669. The number of nitrogens with zero attached hydrogens (tertiary/aromatic N) is 3. The zero-order valence-electron chi connectivity index (χ0n) is 35.3. The summed E-state index contributed by atoms with van der Waals surface area (Å²) in [4.78, 5) is 15.5. The van der Waals surface area contributed by atoms with Crippen LogP contribution in [0.5, 0.6) is 0 Å². The van der Waals surface area contributed by atoms with Crippen molar-refractivity contribution in [2.75, 3.05) is 0 Å². The molecule has 0 aliphatic rings. The van der Waals surface area contributed by atoms with Crippen LogP contribution in [0.1, 0.15) is 0 Å². The van der Waals surface area contributed by atoms with Crippen molar-refractivity contribution < 1.29 is 4.42 Å². The first-order valence-corrected chi connectivity index (χ1v) is 21.9. The molecular weight excluding hydrogens is 791 g/mol. The van der Waals surface area contributed by atoms with Gasteiger partial charge >= 0.3 is 0 Å². The Balaban J connectivity index is 0.993. The minimum Gasteiger partial charge on any atom is -0.456 e. The van der Waals surface area contributed by atoms with Gasteiger partial charge in [-0.1, -0.05) is 206 Å². The molecule has 65 heavy (non-hydrogen) atoms. The molecule has 0 unspecified atom stereocenters. The van der Waals surface area contributed by atoms with Crippen LogP contribution in [0.4, 0.5) is 0 Å². The Hall–Kier alpha value is -8.73. The Kier molecular flexibility index (Phi) is 9.46. The Labute approximate surface area is 376 Å². The molecule has 0 saturated carbocycles. The topological polar surface area (TPSA) is 51.8 Å². The molecule has 12 rings (SSSR count). The summed E-state index contributed by atoms with van der Waals surface area (Å²) in [5, 5.41) is 4.49. The molecule has 10 aromatic carbocycles. The molecule has 0 bridgehead atoms. The summed E-state index contributed by atoms with van der Waals surface area (Å²) < 4.78 is 6.73. The highest BCUT2D eigenvalue weighted by Crippen LogP contribution is 2.43. The van der Waals surface area contributed by atoms with Gasteiger partial charge in [0.05, 0.1) is 0 Å². The zero-order valence-corrected chi connectivity index (χ0v) is 35.3. The molecule has 0 saturated heterocycles. The first-order valence-electron chi connectivity index (χ1n) is 21.9. The van der Waals surface area contributed by atoms with Gasteiger partial charge in [0.15, 0.2) is 17.5 Å². The van der Waals surface area contributed by atoms with Crippen LogP contribution in [0.25, 0.3) is 123 Å². The van der Waals surface area contributed by atoms with E-state index in [0.29, 0.717) is 17.5 Å². The summed E-state index contributed by atoms with van der Waals surface area (Å²) in [7, 11) is 0. The van der Waals surface area contributed by atoms with Gasteiger partial charge in [-0.15, -0.1) is 0 Å². The molecule has 4 heteroatoms. The van der Waals surface area contributed by atoms with E-state index >= 15 is 0 Å². The summed E-state index contributed by atoms with van der Waals surface area (Å²) >= 11 is 0. The molecule has 0 atom stereocenters. The predicted octanol–water partition coefficient (Wildman–Crippen LogP) is 16.3. The Bertz CT molecular complexity index is 3690. The standard InChI is InChI=1S/C61H39N3O/c1-4-15-40(16-5-1)42-29-31-45(32-30-42)59-62-60(48-24-12-23-47(37-48)51-26-13-22-43-21-10-11-25-50(43)51)64-61(63-59)49-34-36-54-57(39-49)65-56-28-14-27-53(58(54)56)52-35-33-46(41-17-6-2-7-18-41)38-55(52)44-19-8-3-9-20-44/h1-39H. The maximum atomic E-state index is 6.73. The lowest BCUT2D eigenvalue weighted by Gasteiger charge is -2.14. The molecule has 304 valence electrons. The fourth-order valence-corrected chi connectivity index (χ4v) is 9.14. The molecule has 0 amide bonds.